The van der Waals surface area contributed by atoms with Crippen LogP contribution in [0, 0.1) is 0 Å². The molecule has 0 fully saturated rings. The second-order valence-electron chi connectivity index (χ2n) is 6.17. The van der Waals surface area contributed by atoms with Crippen molar-refractivity contribution < 1.29 is 19.0 Å². The lowest BCUT2D eigenvalue weighted by atomic mass is 10.2. The second-order valence-corrected chi connectivity index (χ2v) is 6.17. The zero-order chi connectivity index (χ0) is 18.1. The molecule has 5 nitrogen and oxygen atoms in total. The van der Waals surface area contributed by atoms with Gasteiger partial charge in [-0.05, 0) is 32.0 Å². The van der Waals surface area contributed by atoms with Crippen molar-refractivity contribution in [3.8, 4) is 11.5 Å². The predicted octanol–water partition coefficient (Wildman–Crippen LogP) is 3.49. The van der Waals surface area contributed by atoms with Gasteiger partial charge in [-0.25, -0.2) is 0 Å². The molecule has 0 radical (unpaired) electrons. The summed E-state index contributed by atoms with van der Waals surface area (Å²) in [5.41, 5.74) is 1.09. The third-order valence-electron chi connectivity index (χ3n) is 3.78. The van der Waals surface area contributed by atoms with E-state index >= 15 is 0 Å². The molecule has 1 N–H and O–H groups in total. The Hall–Kier alpha value is -2.24. The molecule has 0 aliphatic heterocycles. The summed E-state index contributed by atoms with van der Waals surface area (Å²) >= 11 is 0. The van der Waals surface area contributed by atoms with Crippen LogP contribution in [0.4, 0.5) is 0 Å². The first-order valence-electron chi connectivity index (χ1n) is 8.49. The number of hydrogen-bond acceptors (Lipinski definition) is 5. The molecule has 2 rings (SSSR count). The van der Waals surface area contributed by atoms with E-state index in [0.29, 0.717) is 30.7 Å². The maximum atomic E-state index is 10.4. The summed E-state index contributed by atoms with van der Waals surface area (Å²) in [5, 5.41) is 10.4. The van der Waals surface area contributed by atoms with E-state index in [1.54, 1.807) is 18.6 Å². The molecule has 2 aromatic rings. The summed E-state index contributed by atoms with van der Waals surface area (Å²) in [7, 11) is 0. The van der Waals surface area contributed by atoms with Gasteiger partial charge in [-0.15, -0.1) is 0 Å². The van der Waals surface area contributed by atoms with Crippen LogP contribution in [0.15, 0.2) is 59.9 Å². The normalized spacial score (nSPS) is 12.4. The molecule has 1 atom stereocenters. The molecule has 1 aromatic heterocycles. The maximum absolute atomic E-state index is 10.4. The highest BCUT2D eigenvalue weighted by Crippen LogP contribution is 2.26. The average Bonchev–Trinajstić information content (AvgIpc) is 3.11. The topological polar surface area (TPSA) is 55.1 Å². The number of rotatable bonds is 11. The van der Waals surface area contributed by atoms with E-state index in [9.17, 15) is 5.11 Å². The standard InChI is InChI=1S/C20H27NO4/c1-4-10-24-19-7-5-6-8-20(19)25-15-18(22)13-21(16(2)3)12-17-9-11-23-14-17/h4-9,11,14,16,18,22H,1,10,12-13,15H2,2-3H3. The fraction of sp³-hybridized carbons (Fsp3) is 0.400. The lowest BCUT2D eigenvalue weighted by Crippen LogP contribution is -2.39. The van der Waals surface area contributed by atoms with Gasteiger partial charge in [0.25, 0.3) is 0 Å². The van der Waals surface area contributed by atoms with Crippen molar-refractivity contribution in [3.05, 3.63) is 61.1 Å². The molecule has 5 heteroatoms. The van der Waals surface area contributed by atoms with Gasteiger partial charge in [-0.1, -0.05) is 24.8 Å². The first kappa shape index (κ1) is 19.1. The molecule has 0 saturated heterocycles. The number of para-hydroxylation sites is 2. The second kappa shape index (κ2) is 9.91. The molecule has 136 valence electrons. The van der Waals surface area contributed by atoms with Crippen LogP contribution in [0.25, 0.3) is 0 Å². The monoisotopic (exact) mass is 345 g/mol. The lowest BCUT2D eigenvalue weighted by molar-refractivity contribution is 0.0533. The van der Waals surface area contributed by atoms with Crippen LogP contribution in [0.3, 0.4) is 0 Å². The van der Waals surface area contributed by atoms with Crippen LogP contribution in [-0.2, 0) is 6.54 Å². The van der Waals surface area contributed by atoms with Gasteiger partial charge >= 0.3 is 0 Å². The van der Waals surface area contributed by atoms with Gasteiger partial charge in [0.15, 0.2) is 11.5 Å². The van der Waals surface area contributed by atoms with Crippen molar-refractivity contribution in [3.63, 3.8) is 0 Å². The van der Waals surface area contributed by atoms with E-state index in [2.05, 4.69) is 25.3 Å². The Bertz CT molecular complexity index is 624. The van der Waals surface area contributed by atoms with Crippen molar-refractivity contribution in [2.24, 2.45) is 0 Å². The molecule has 0 saturated carbocycles. The third kappa shape index (κ3) is 6.29. The van der Waals surface area contributed by atoms with Gasteiger partial charge in [-0.3, -0.25) is 4.90 Å². The highest BCUT2D eigenvalue weighted by atomic mass is 16.5. The van der Waals surface area contributed by atoms with E-state index < -0.39 is 6.10 Å². The number of ether oxygens (including phenoxy) is 2. The fourth-order valence-electron chi connectivity index (χ4n) is 2.42. The number of hydrogen-bond donors (Lipinski definition) is 1. The fourth-order valence-corrected chi connectivity index (χ4v) is 2.42. The smallest absolute Gasteiger partial charge is 0.161 e. The summed E-state index contributed by atoms with van der Waals surface area (Å²) in [6.07, 6.45) is 4.46. The average molecular weight is 345 g/mol. The highest BCUT2D eigenvalue weighted by molar-refractivity contribution is 5.39. The van der Waals surface area contributed by atoms with Gasteiger partial charge in [-0.2, -0.15) is 0 Å². The minimum Gasteiger partial charge on any atom is -0.487 e. The molecule has 0 aliphatic carbocycles. The van der Waals surface area contributed by atoms with Crippen molar-refractivity contribution in [1.29, 1.82) is 0 Å². The van der Waals surface area contributed by atoms with Crippen LogP contribution in [-0.4, -0.2) is 41.9 Å². The van der Waals surface area contributed by atoms with Crippen LogP contribution >= 0.6 is 0 Å². The van der Waals surface area contributed by atoms with Gasteiger partial charge < -0.3 is 19.0 Å². The minimum atomic E-state index is -0.609. The molecule has 1 heterocycles. The van der Waals surface area contributed by atoms with Crippen molar-refractivity contribution in [2.45, 2.75) is 32.5 Å². The lowest BCUT2D eigenvalue weighted by Gasteiger charge is -2.28. The summed E-state index contributed by atoms with van der Waals surface area (Å²) in [5.74, 6) is 1.27. The maximum Gasteiger partial charge on any atom is 0.161 e. The Morgan fingerprint density at radius 3 is 2.52 bits per heavy atom. The van der Waals surface area contributed by atoms with Crippen LogP contribution in [0.5, 0.6) is 11.5 Å². The number of furan rings is 1. The Labute approximate surface area is 149 Å². The molecular weight excluding hydrogens is 318 g/mol. The van der Waals surface area contributed by atoms with Crippen LogP contribution in [0.1, 0.15) is 19.4 Å². The van der Waals surface area contributed by atoms with Crippen LogP contribution in [0.2, 0.25) is 0 Å². The molecular formula is C20H27NO4. The van der Waals surface area contributed by atoms with E-state index in [-0.39, 0.29) is 6.61 Å². The van der Waals surface area contributed by atoms with E-state index in [0.717, 1.165) is 12.1 Å². The molecule has 0 amide bonds. The summed E-state index contributed by atoms with van der Waals surface area (Å²) in [4.78, 5) is 2.18. The van der Waals surface area contributed by atoms with Gasteiger partial charge in [0, 0.05) is 24.7 Å². The number of benzene rings is 1. The van der Waals surface area contributed by atoms with E-state index in [1.807, 2.05) is 30.3 Å². The minimum absolute atomic E-state index is 0.197. The van der Waals surface area contributed by atoms with Gasteiger partial charge in [0.05, 0.1) is 12.5 Å². The first-order chi connectivity index (χ1) is 12.1. The van der Waals surface area contributed by atoms with Gasteiger partial charge in [0.1, 0.15) is 19.3 Å². The van der Waals surface area contributed by atoms with Crippen molar-refractivity contribution in [2.75, 3.05) is 19.8 Å². The molecule has 0 spiro atoms. The van der Waals surface area contributed by atoms with Crippen molar-refractivity contribution >= 4 is 0 Å². The number of aliphatic hydroxyl groups excluding tert-OH is 1. The molecule has 1 aromatic carbocycles. The molecule has 0 aliphatic rings. The Kier molecular flexibility index (Phi) is 7.57. The Morgan fingerprint density at radius 2 is 1.92 bits per heavy atom. The first-order valence-corrected chi connectivity index (χ1v) is 8.49. The van der Waals surface area contributed by atoms with Crippen LogP contribution < -0.4 is 9.47 Å². The Morgan fingerprint density at radius 1 is 1.20 bits per heavy atom. The zero-order valence-corrected chi connectivity index (χ0v) is 14.9. The highest BCUT2D eigenvalue weighted by Gasteiger charge is 2.17. The summed E-state index contributed by atoms with van der Waals surface area (Å²) in [6, 6.07) is 9.66. The molecule has 1 unspecified atom stereocenters. The predicted molar refractivity (Wildman–Crippen MR) is 97.9 cm³/mol. The van der Waals surface area contributed by atoms with E-state index in [1.165, 1.54) is 0 Å². The largest absolute Gasteiger partial charge is 0.487 e. The number of aliphatic hydroxyl groups is 1. The van der Waals surface area contributed by atoms with E-state index in [4.69, 9.17) is 13.9 Å². The SMILES string of the molecule is C=CCOc1ccccc1OCC(O)CN(Cc1ccoc1)C(C)C. The Balaban J connectivity index is 1.88. The molecule has 0 bridgehead atoms. The number of nitrogens with zero attached hydrogens (tertiary/aromatic N) is 1. The summed E-state index contributed by atoms with van der Waals surface area (Å²) in [6.45, 7) is 9.70. The zero-order valence-electron chi connectivity index (χ0n) is 14.9. The third-order valence-corrected chi connectivity index (χ3v) is 3.78. The van der Waals surface area contributed by atoms with Gasteiger partial charge in [0.2, 0.25) is 0 Å². The molecule has 25 heavy (non-hydrogen) atoms. The summed E-state index contributed by atoms with van der Waals surface area (Å²) < 4.78 is 16.4. The quantitative estimate of drug-likeness (QED) is 0.632. The van der Waals surface area contributed by atoms with Crippen molar-refractivity contribution in [1.82, 2.24) is 4.90 Å².